The summed E-state index contributed by atoms with van der Waals surface area (Å²) in [6, 6.07) is 2.51. The van der Waals surface area contributed by atoms with Crippen molar-refractivity contribution in [1.82, 2.24) is 4.72 Å². The molecule has 1 aromatic rings. The van der Waals surface area contributed by atoms with E-state index in [9.17, 15) is 26.4 Å². The molecule has 0 saturated heterocycles. The van der Waals surface area contributed by atoms with Crippen LogP contribution < -0.4 is 4.72 Å². The van der Waals surface area contributed by atoms with E-state index in [1.807, 2.05) is 0 Å². The summed E-state index contributed by atoms with van der Waals surface area (Å²) in [5.41, 5.74) is -1.09. The lowest BCUT2D eigenvalue weighted by molar-refractivity contribution is -0.138. The smallest absolute Gasteiger partial charge is 0.416 e. The highest BCUT2D eigenvalue weighted by molar-refractivity contribution is 7.89. The zero-order valence-electron chi connectivity index (χ0n) is 11.1. The largest absolute Gasteiger partial charge is 0.481 e. The number of carbonyl (C=O) groups is 1. The third kappa shape index (κ3) is 5.01. The Morgan fingerprint density at radius 1 is 1.33 bits per heavy atom. The van der Waals surface area contributed by atoms with Gasteiger partial charge in [0.25, 0.3) is 0 Å². The Kier molecular flexibility index (Phi) is 5.35. The van der Waals surface area contributed by atoms with E-state index in [0.29, 0.717) is 6.07 Å². The van der Waals surface area contributed by atoms with Crippen molar-refractivity contribution in [3.63, 3.8) is 0 Å². The molecule has 0 unspecified atom stereocenters. The van der Waals surface area contributed by atoms with Gasteiger partial charge in [0.2, 0.25) is 10.0 Å². The van der Waals surface area contributed by atoms with E-state index in [4.69, 9.17) is 5.11 Å². The molecule has 0 fully saturated rings. The maximum atomic E-state index is 12.6. The maximum Gasteiger partial charge on any atom is 0.416 e. The molecule has 0 aliphatic heterocycles. The first-order valence-electron chi connectivity index (χ1n) is 5.93. The number of rotatable bonds is 6. The summed E-state index contributed by atoms with van der Waals surface area (Å²) in [6.07, 6.45) is -4.65. The van der Waals surface area contributed by atoms with Crippen LogP contribution in [0.1, 0.15) is 24.0 Å². The van der Waals surface area contributed by atoms with Gasteiger partial charge < -0.3 is 5.11 Å². The first kappa shape index (κ1) is 17.4. The molecule has 0 aliphatic carbocycles. The first-order valence-corrected chi connectivity index (χ1v) is 7.41. The molecule has 118 valence electrons. The van der Waals surface area contributed by atoms with Crippen molar-refractivity contribution >= 4 is 16.0 Å². The molecule has 1 aromatic carbocycles. The number of nitrogens with one attached hydrogen (secondary N) is 1. The minimum absolute atomic E-state index is 0.0914. The van der Waals surface area contributed by atoms with E-state index < -0.39 is 27.7 Å². The maximum absolute atomic E-state index is 12.6. The normalized spacial score (nSPS) is 12.4. The van der Waals surface area contributed by atoms with E-state index >= 15 is 0 Å². The quantitative estimate of drug-likeness (QED) is 0.785. The van der Waals surface area contributed by atoms with Crippen LogP contribution in [0.15, 0.2) is 23.1 Å². The second kappa shape index (κ2) is 6.44. The zero-order chi connectivity index (χ0) is 16.3. The van der Waals surface area contributed by atoms with E-state index in [1.165, 1.54) is 6.92 Å². The summed E-state index contributed by atoms with van der Waals surface area (Å²) in [6.45, 7) is 1.07. The van der Waals surface area contributed by atoms with Crippen LogP contribution in [0.5, 0.6) is 0 Å². The number of aryl methyl sites for hydroxylation is 1. The molecular weight excluding hydrogens is 311 g/mol. The van der Waals surface area contributed by atoms with Crippen LogP contribution in [0.2, 0.25) is 0 Å². The summed E-state index contributed by atoms with van der Waals surface area (Å²) >= 11 is 0. The number of hydrogen-bond donors (Lipinski definition) is 2. The molecule has 0 amide bonds. The predicted molar refractivity (Wildman–Crippen MR) is 68.2 cm³/mol. The van der Waals surface area contributed by atoms with Gasteiger partial charge >= 0.3 is 12.1 Å². The predicted octanol–water partition coefficient (Wildman–Crippen LogP) is 2.16. The second-order valence-corrected chi connectivity index (χ2v) is 6.14. The van der Waals surface area contributed by atoms with E-state index in [0.717, 1.165) is 12.1 Å². The Morgan fingerprint density at radius 3 is 2.43 bits per heavy atom. The van der Waals surface area contributed by atoms with Crippen molar-refractivity contribution in [2.75, 3.05) is 6.54 Å². The van der Waals surface area contributed by atoms with Gasteiger partial charge in [0.1, 0.15) is 0 Å². The number of aliphatic carboxylic acids is 1. The fraction of sp³-hybridized carbons (Fsp3) is 0.417. The number of alkyl halides is 3. The molecule has 5 nitrogen and oxygen atoms in total. The average molecular weight is 325 g/mol. The van der Waals surface area contributed by atoms with E-state index in [2.05, 4.69) is 4.72 Å². The van der Waals surface area contributed by atoms with Crippen LogP contribution in [0.25, 0.3) is 0 Å². The Labute approximate surface area is 119 Å². The number of hydrogen-bond acceptors (Lipinski definition) is 3. The molecule has 0 atom stereocenters. The average Bonchev–Trinajstić information content (AvgIpc) is 2.32. The highest BCUT2D eigenvalue weighted by Gasteiger charge is 2.32. The first-order chi connectivity index (χ1) is 9.54. The van der Waals surface area contributed by atoms with Gasteiger partial charge in [-0.1, -0.05) is 0 Å². The molecule has 0 heterocycles. The van der Waals surface area contributed by atoms with Crippen molar-refractivity contribution in [1.29, 1.82) is 0 Å². The molecule has 0 aliphatic rings. The molecule has 9 heteroatoms. The van der Waals surface area contributed by atoms with Gasteiger partial charge in [0.05, 0.1) is 10.5 Å². The Morgan fingerprint density at radius 2 is 1.95 bits per heavy atom. The van der Waals surface area contributed by atoms with E-state index in [1.54, 1.807) is 0 Å². The van der Waals surface area contributed by atoms with Gasteiger partial charge in [-0.05, 0) is 37.1 Å². The molecule has 0 saturated carbocycles. The Balaban J connectivity index is 2.85. The molecule has 0 radical (unpaired) electrons. The fourth-order valence-corrected chi connectivity index (χ4v) is 2.81. The van der Waals surface area contributed by atoms with Gasteiger partial charge in [-0.2, -0.15) is 13.2 Å². The lowest BCUT2D eigenvalue weighted by Crippen LogP contribution is -2.25. The van der Waals surface area contributed by atoms with Crippen LogP contribution in [0, 0.1) is 6.92 Å². The third-order valence-electron chi connectivity index (χ3n) is 2.67. The van der Waals surface area contributed by atoms with Crippen LogP contribution in [-0.4, -0.2) is 26.0 Å². The van der Waals surface area contributed by atoms with Gasteiger partial charge in [0, 0.05) is 13.0 Å². The molecule has 1 rings (SSSR count). The number of benzene rings is 1. The monoisotopic (exact) mass is 325 g/mol. The van der Waals surface area contributed by atoms with Crippen molar-refractivity contribution < 1.29 is 31.5 Å². The Bertz CT molecular complexity index is 626. The van der Waals surface area contributed by atoms with Crippen molar-refractivity contribution in [2.45, 2.75) is 30.8 Å². The molecule has 0 bridgehead atoms. The van der Waals surface area contributed by atoms with Crippen molar-refractivity contribution in [3.8, 4) is 0 Å². The van der Waals surface area contributed by atoms with Crippen LogP contribution in [0.3, 0.4) is 0 Å². The van der Waals surface area contributed by atoms with Crippen LogP contribution >= 0.6 is 0 Å². The van der Waals surface area contributed by atoms with Gasteiger partial charge in [-0.25, -0.2) is 13.1 Å². The summed E-state index contributed by atoms with van der Waals surface area (Å²) in [7, 11) is -3.95. The van der Waals surface area contributed by atoms with Crippen LogP contribution in [-0.2, 0) is 21.0 Å². The van der Waals surface area contributed by atoms with Crippen molar-refractivity contribution in [2.24, 2.45) is 0 Å². The zero-order valence-corrected chi connectivity index (χ0v) is 11.9. The lowest BCUT2D eigenvalue weighted by Gasteiger charge is -2.12. The number of sulfonamides is 1. The third-order valence-corrected chi connectivity index (χ3v) is 4.13. The SMILES string of the molecule is Cc1cc(S(=O)(=O)NCCCC(=O)O)ccc1C(F)(F)F. The lowest BCUT2D eigenvalue weighted by atomic mass is 10.1. The van der Waals surface area contributed by atoms with Crippen LogP contribution in [0.4, 0.5) is 13.2 Å². The molecule has 0 spiro atoms. The topological polar surface area (TPSA) is 83.5 Å². The number of halogens is 3. The number of carboxylic acid groups (broad SMARTS) is 1. The molecule has 0 aromatic heterocycles. The summed E-state index contributed by atoms with van der Waals surface area (Å²) < 4.78 is 63.6. The Hall–Kier alpha value is -1.61. The van der Waals surface area contributed by atoms with Crippen molar-refractivity contribution in [3.05, 3.63) is 29.3 Å². The molecule has 21 heavy (non-hydrogen) atoms. The van der Waals surface area contributed by atoms with E-state index in [-0.39, 0.29) is 29.8 Å². The molecular formula is C12H14F3NO4S. The molecule has 2 N–H and O–H groups in total. The minimum atomic E-state index is -4.54. The van der Waals surface area contributed by atoms with Gasteiger partial charge in [-0.3, -0.25) is 4.79 Å². The number of carboxylic acids is 1. The highest BCUT2D eigenvalue weighted by Crippen LogP contribution is 2.32. The minimum Gasteiger partial charge on any atom is -0.481 e. The highest BCUT2D eigenvalue weighted by atomic mass is 32.2. The summed E-state index contributed by atoms with van der Waals surface area (Å²) in [5, 5.41) is 8.42. The summed E-state index contributed by atoms with van der Waals surface area (Å²) in [4.78, 5) is 10.00. The fourth-order valence-electron chi connectivity index (χ4n) is 1.65. The van der Waals surface area contributed by atoms with Gasteiger partial charge in [-0.15, -0.1) is 0 Å². The standard InChI is InChI=1S/C12H14F3NO4S/c1-8-7-9(4-5-10(8)12(13,14)15)21(19,20)16-6-2-3-11(17)18/h4-5,7,16H,2-3,6H2,1H3,(H,17,18). The second-order valence-electron chi connectivity index (χ2n) is 4.37. The summed E-state index contributed by atoms with van der Waals surface area (Å²) in [5.74, 6) is -1.06. The van der Waals surface area contributed by atoms with Gasteiger partial charge in [0.15, 0.2) is 0 Å².